The van der Waals surface area contributed by atoms with Crippen molar-refractivity contribution in [2.75, 3.05) is 13.7 Å². The summed E-state index contributed by atoms with van der Waals surface area (Å²) in [6, 6.07) is 10.0. The number of likely N-dealkylation sites (tertiary alicyclic amines) is 1. The lowest BCUT2D eigenvalue weighted by molar-refractivity contribution is -0.274. The lowest BCUT2D eigenvalue weighted by atomic mass is 9.97. The first-order chi connectivity index (χ1) is 17.2. The SMILES string of the molecule is COc1cc(C=C2CCCN([C@H]3CCc4cc(OC(F)(F)F)ccc43)C2=O)ccc1-n1cnc(C)c1. The van der Waals surface area contributed by atoms with Crippen LogP contribution in [0, 0.1) is 6.92 Å². The fourth-order valence-corrected chi connectivity index (χ4v) is 5.11. The molecule has 0 N–H and O–H groups in total. The highest BCUT2D eigenvalue weighted by atomic mass is 19.4. The van der Waals surface area contributed by atoms with Crippen LogP contribution in [0.3, 0.4) is 0 Å². The van der Waals surface area contributed by atoms with Gasteiger partial charge in [-0.15, -0.1) is 13.2 Å². The van der Waals surface area contributed by atoms with Gasteiger partial charge in [0.25, 0.3) is 0 Å². The number of carbonyl (C=O) groups excluding carboxylic acids is 1. The Bertz CT molecular complexity index is 1330. The molecule has 0 unspecified atom stereocenters. The van der Waals surface area contributed by atoms with E-state index in [-0.39, 0.29) is 17.7 Å². The molecule has 3 aromatic rings. The minimum Gasteiger partial charge on any atom is -0.495 e. The van der Waals surface area contributed by atoms with Crippen LogP contribution in [0.15, 0.2) is 54.5 Å². The van der Waals surface area contributed by atoms with Gasteiger partial charge in [0.15, 0.2) is 0 Å². The van der Waals surface area contributed by atoms with Gasteiger partial charge < -0.3 is 18.9 Å². The number of fused-ring (bicyclic) bond motifs is 1. The van der Waals surface area contributed by atoms with Gasteiger partial charge in [-0.3, -0.25) is 4.79 Å². The van der Waals surface area contributed by atoms with Crippen molar-refractivity contribution in [2.45, 2.75) is 45.0 Å². The molecular formula is C27H26F3N3O3. The predicted molar refractivity (Wildman–Crippen MR) is 128 cm³/mol. The average Bonchev–Trinajstić information content (AvgIpc) is 3.45. The van der Waals surface area contributed by atoms with E-state index in [1.54, 1.807) is 19.5 Å². The number of piperidine rings is 1. The average molecular weight is 498 g/mol. The van der Waals surface area contributed by atoms with Crippen LogP contribution < -0.4 is 9.47 Å². The van der Waals surface area contributed by atoms with Gasteiger partial charge >= 0.3 is 6.36 Å². The quantitative estimate of drug-likeness (QED) is 0.420. The Balaban J connectivity index is 1.37. The standard InChI is InChI=1S/C27H26F3N3O3/c1-17-15-32(16-31-17)24-9-5-18(13-25(24)35-2)12-20-4-3-11-33(26(20)34)23-10-6-19-14-21(7-8-22(19)23)36-27(28,29)30/h5,7-9,12-16,23H,3-4,6,10-11H2,1-2H3/t23-/m0/s1. The number of rotatable bonds is 5. The van der Waals surface area contributed by atoms with E-state index in [1.165, 1.54) is 12.1 Å². The highest BCUT2D eigenvalue weighted by molar-refractivity contribution is 5.99. The molecule has 1 amide bonds. The lowest BCUT2D eigenvalue weighted by Crippen LogP contribution is -2.39. The van der Waals surface area contributed by atoms with E-state index in [9.17, 15) is 18.0 Å². The summed E-state index contributed by atoms with van der Waals surface area (Å²) in [4.78, 5) is 19.6. The Kier molecular flexibility index (Phi) is 6.24. The minimum absolute atomic E-state index is 0.0389. The van der Waals surface area contributed by atoms with Crippen molar-refractivity contribution >= 4 is 12.0 Å². The number of hydrogen-bond acceptors (Lipinski definition) is 4. The summed E-state index contributed by atoms with van der Waals surface area (Å²) in [5.74, 6) is 0.405. The molecule has 0 radical (unpaired) electrons. The number of aromatic nitrogens is 2. The Morgan fingerprint density at radius 2 is 1.97 bits per heavy atom. The van der Waals surface area contributed by atoms with E-state index >= 15 is 0 Å². The van der Waals surface area contributed by atoms with Gasteiger partial charge in [0, 0.05) is 18.3 Å². The van der Waals surface area contributed by atoms with Crippen molar-refractivity contribution in [1.29, 1.82) is 0 Å². The summed E-state index contributed by atoms with van der Waals surface area (Å²) in [5, 5.41) is 0. The second-order valence-corrected chi connectivity index (χ2v) is 9.09. The van der Waals surface area contributed by atoms with Crippen molar-refractivity contribution in [1.82, 2.24) is 14.5 Å². The van der Waals surface area contributed by atoms with E-state index in [2.05, 4.69) is 9.72 Å². The van der Waals surface area contributed by atoms with Gasteiger partial charge in [-0.2, -0.15) is 0 Å². The van der Waals surface area contributed by atoms with Gasteiger partial charge in [-0.05, 0) is 79.6 Å². The first kappa shape index (κ1) is 24.0. The number of imidazole rings is 1. The number of alkyl halides is 3. The van der Waals surface area contributed by atoms with Gasteiger partial charge in [-0.1, -0.05) is 12.1 Å². The number of methoxy groups -OCH3 is 1. The molecule has 9 heteroatoms. The van der Waals surface area contributed by atoms with Crippen LogP contribution in [0.1, 0.15) is 47.7 Å². The summed E-state index contributed by atoms with van der Waals surface area (Å²) >= 11 is 0. The maximum Gasteiger partial charge on any atom is 0.573 e. The van der Waals surface area contributed by atoms with Crippen molar-refractivity contribution < 1.29 is 27.4 Å². The Morgan fingerprint density at radius 1 is 1.14 bits per heavy atom. The van der Waals surface area contributed by atoms with Gasteiger partial charge in [0.2, 0.25) is 5.91 Å². The largest absolute Gasteiger partial charge is 0.573 e. The molecule has 1 atom stereocenters. The maximum atomic E-state index is 13.5. The first-order valence-corrected chi connectivity index (χ1v) is 11.8. The highest BCUT2D eigenvalue weighted by Crippen LogP contribution is 2.40. The predicted octanol–water partition coefficient (Wildman–Crippen LogP) is 5.78. The molecule has 6 nitrogen and oxygen atoms in total. The van der Waals surface area contributed by atoms with Crippen molar-refractivity contribution in [3.63, 3.8) is 0 Å². The second-order valence-electron chi connectivity index (χ2n) is 9.09. The molecule has 2 heterocycles. The van der Waals surface area contributed by atoms with E-state index in [1.807, 2.05) is 46.9 Å². The number of hydrogen-bond donors (Lipinski definition) is 0. The van der Waals surface area contributed by atoms with Gasteiger partial charge in [-0.25, -0.2) is 4.98 Å². The molecule has 36 heavy (non-hydrogen) atoms. The maximum absolute atomic E-state index is 13.5. The number of nitrogens with zero attached hydrogens (tertiary/aromatic N) is 3. The number of ether oxygens (including phenoxy) is 2. The smallest absolute Gasteiger partial charge is 0.495 e. The van der Waals surface area contributed by atoms with E-state index in [0.717, 1.165) is 34.5 Å². The molecule has 0 saturated carbocycles. The highest BCUT2D eigenvalue weighted by Gasteiger charge is 2.36. The van der Waals surface area contributed by atoms with Crippen LogP contribution in [-0.4, -0.2) is 40.4 Å². The van der Waals surface area contributed by atoms with E-state index in [4.69, 9.17) is 4.74 Å². The number of amides is 1. The topological polar surface area (TPSA) is 56.6 Å². The molecule has 1 aromatic heterocycles. The van der Waals surface area contributed by atoms with Crippen LogP contribution in [0.5, 0.6) is 11.5 Å². The molecule has 1 fully saturated rings. The molecule has 0 bridgehead atoms. The number of carbonyl (C=O) groups is 1. The molecule has 1 saturated heterocycles. The van der Waals surface area contributed by atoms with Gasteiger partial charge in [0.1, 0.15) is 11.5 Å². The summed E-state index contributed by atoms with van der Waals surface area (Å²) < 4.78 is 49.3. The summed E-state index contributed by atoms with van der Waals surface area (Å²) in [5.41, 5.74) is 5.00. The van der Waals surface area contributed by atoms with Crippen molar-refractivity contribution in [3.05, 3.63) is 76.9 Å². The zero-order valence-electron chi connectivity index (χ0n) is 20.0. The van der Waals surface area contributed by atoms with Crippen LogP contribution in [0.2, 0.25) is 0 Å². The van der Waals surface area contributed by atoms with Crippen LogP contribution in [0.25, 0.3) is 11.8 Å². The first-order valence-electron chi connectivity index (χ1n) is 11.8. The molecule has 2 aliphatic rings. The van der Waals surface area contributed by atoms with E-state index < -0.39 is 6.36 Å². The van der Waals surface area contributed by atoms with Crippen LogP contribution in [-0.2, 0) is 11.2 Å². The number of benzene rings is 2. The molecule has 1 aliphatic carbocycles. The van der Waals surface area contributed by atoms with Crippen molar-refractivity contribution in [3.8, 4) is 17.2 Å². The monoisotopic (exact) mass is 497 g/mol. The zero-order chi connectivity index (χ0) is 25.4. The lowest BCUT2D eigenvalue weighted by Gasteiger charge is -2.34. The fourth-order valence-electron chi connectivity index (χ4n) is 5.11. The molecule has 188 valence electrons. The Morgan fingerprint density at radius 3 is 2.69 bits per heavy atom. The number of aryl methyl sites for hydroxylation is 2. The van der Waals surface area contributed by atoms with Gasteiger partial charge in [0.05, 0.1) is 30.9 Å². The van der Waals surface area contributed by atoms with Crippen LogP contribution in [0.4, 0.5) is 13.2 Å². The molecule has 0 spiro atoms. The number of halogens is 3. The second kappa shape index (κ2) is 9.37. The molecule has 1 aliphatic heterocycles. The summed E-state index contributed by atoms with van der Waals surface area (Å²) in [6.07, 6.45) is 3.58. The normalized spacial score (nSPS) is 19.0. The minimum atomic E-state index is -4.73. The Labute approximate surface area is 207 Å². The third-order valence-electron chi connectivity index (χ3n) is 6.69. The van der Waals surface area contributed by atoms with E-state index in [0.29, 0.717) is 37.1 Å². The molecular weight excluding hydrogens is 471 g/mol. The zero-order valence-corrected chi connectivity index (χ0v) is 20.0. The third kappa shape index (κ3) is 4.82. The Hall–Kier alpha value is -3.75. The summed E-state index contributed by atoms with van der Waals surface area (Å²) in [6.45, 7) is 2.53. The fraction of sp³-hybridized carbons (Fsp3) is 0.333. The molecule has 5 rings (SSSR count). The van der Waals surface area contributed by atoms with Crippen LogP contribution >= 0.6 is 0 Å². The third-order valence-corrected chi connectivity index (χ3v) is 6.69. The summed E-state index contributed by atoms with van der Waals surface area (Å²) in [7, 11) is 1.61. The molecule has 2 aromatic carbocycles. The van der Waals surface area contributed by atoms with Crippen molar-refractivity contribution in [2.24, 2.45) is 0 Å².